The van der Waals surface area contributed by atoms with Crippen LogP contribution in [0.2, 0.25) is 0 Å². The molecule has 192 valence electrons. The molecule has 0 saturated carbocycles. The van der Waals surface area contributed by atoms with E-state index in [2.05, 4.69) is 17.2 Å². The number of anilines is 2. The Hall–Kier alpha value is -3.84. The number of pyridine rings is 1. The van der Waals surface area contributed by atoms with E-state index in [1.165, 1.54) is 13.8 Å². The van der Waals surface area contributed by atoms with Gasteiger partial charge in [-0.05, 0) is 63.1 Å². The lowest BCUT2D eigenvalue weighted by Crippen LogP contribution is -2.48. The zero-order valence-electron chi connectivity index (χ0n) is 21.8. The van der Waals surface area contributed by atoms with Crippen LogP contribution in [0.15, 0.2) is 77.9 Å². The summed E-state index contributed by atoms with van der Waals surface area (Å²) in [6.07, 6.45) is 2.71. The van der Waals surface area contributed by atoms with E-state index >= 15 is 0 Å². The van der Waals surface area contributed by atoms with Gasteiger partial charge in [0.25, 0.3) is 0 Å². The van der Waals surface area contributed by atoms with Gasteiger partial charge in [0.05, 0.1) is 30.4 Å². The van der Waals surface area contributed by atoms with Crippen molar-refractivity contribution in [2.45, 2.75) is 58.2 Å². The molecule has 1 aliphatic heterocycles. The van der Waals surface area contributed by atoms with E-state index in [0.29, 0.717) is 11.4 Å². The highest BCUT2D eigenvalue weighted by Crippen LogP contribution is 2.32. The molecule has 7 heteroatoms. The van der Waals surface area contributed by atoms with Gasteiger partial charge in [-0.3, -0.25) is 19.6 Å². The van der Waals surface area contributed by atoms with Crippen LogP contribution in [0.25, 0.3) is 0 Å². The molecule has 1 amide bonds. The summed E-state index contributed by atoms with van der Waals surface area (Å²) in [6, 6.07) is 20.4. The first-order valence-electron chi connectivity index (χ1n) is 12.7. The predicted molar refractivity (Wildman–Crippen MR) is 147 cm³/mol. The van der Waals surface area contributed by atoms with Gasteiger partial charge in [-0.25, -0.2) is 0 Å². The smallest absolute Gasteiger partial charge is 0.226 e. The van der Waals surface area contributed by atoms with Crippen molar-refractivity contribution in [3.8, 4) is 0 Å². The number of benzene rings is 2. The Morgan fingerprint density at radius 3 is 2.51 bits per heavy atom. The van der Waals surface area contributed by atoms with Gasteiger partial charge < -0.3 is 15.3 Å². The minimum Gasteiger partial charge on any atom is -0.383 e. The molecule has 1 aliphatic rings. The molecule has 37 heavy (non-hydrogen) atoms. The van der Waals surface area contributed by atoms with Gasteiger partial charge in [0.15, 0.2) is 5.78 Å². The Morgan fingerprint density at radius 2 is 1.81 bits per heavy atom. The first-order valence-corrected chi connectivity index (χ1v) is 12.7. The number of hydrogen-bond acceptors (Lipinski definition) is 6. The molecule has 0 radical (unpaired) electrons. The van der Waals surface area contributed by atoms with E-state index in [-0.39, 0.29) is 30.7 Å². The molecule has 0 fully saturated rings. The Morgan fingerprint density at radius 1 is 1.05 bits per heavy atom. The molecule has 4 rings (SSSR count). The van der Waals surface area contributed by atoms with Crippen LogP contribution in [0.5, 0.6) is 0 Å². The second-order valence-corrected chi connectivity index (χ2v) is 9.93. The number of nitrogens with zero attached hydrogens (tertiary/aromatic N) is 3. The molecule has 0 spiro atoms. The van der Waals surface area contributed by atoms with Crippen LogP contribution in [0.4, 0.5) is 11.4 Å². The lowest BCUT2D eigenvalue weighted by Gasteiger charge is -2.34. The summed E-state index contributed by atoms with van der Waals surface area (Å²) in [5.41, 5.74) is 3.42. The Labute approximate surface area is 218 Å². The highest BCUT2D eigenvalue weighted by atomic mass is 16.3. The average Bonchev–Trinajstić information content (AvgIpc) is 2.99. The van der Waals surface area contributed by atoms with Gasteiger partial charge in [-0.2, -0.15) is 0 Å². The van der Waals surface area contributed by atoms with Gasteiger partial charge in [0, 0.05) is 29.2 Å². The number of aryl methyl sites for hydroxylation is 1. The summed E-state index contributed by atoms with van der Waals surface area (Å²) in [6.45, 7) is 7.02. The summed E-state index contributed by atoms with van der Waals surface area (Å²) in [5, 5.41) is 13.4. The summed E-state index contributed by atoms with van der Waals surface area (Å²) in [4.78, 5) is 37.7. The number of amides is 1. The van der Waals surface area contributed by atoms with Gasteiger partial charge in [0.2, 0.25) is 5.91 Å². The van der Waals surface area contributed by atoms with Crippen LogP contribution in [-0.2, 0) is 16.0 Å². The first kappa shape index (κ1) is 26.2. The largest absolute Gasteiger partial charge is 0.383 e. The van der Waals surface area contributed by atoms with Crippen molar-refractivity contribution < 1.29 is 14.7 Å². The van der Waals surface area contributed by atoms with Crippen molar-refractivity contribution in [2.75, 3.05) is 16.8 Å². The normalized spacial score (nSPS) is 17.4. The number of fused-ring (bicyclic) bond motifs is 1. The molecule has 1 aromatic heterocycles. The van der Waals surface area contributed by atoms with E-state index in [0.717, 1.165) is 28.9 Å². The number of ketones is 1. The number of benzodiazepines with no additional fused rings is 1. The van der Waals surface area contributed by atoms with E-state index in [1.807, 2.05) is 78.6 Å². The topological polar surface area (TPSA) is 94.9 Å². The van der Waals surface area contributed by atoms with Crippen LogP contribution in [0.1, 0.15) is 50.9 Å². The van der Waals surface area contributed by atoms with E-state index in [1.54, 1.807) is 6.20 Å². The maximum absolute atomic E-state index is 13.2. The molecule has 3 aromatic rings. The molecule has 1 unspecified atom stereocenters. The number of aliphatic hydroxyl groups is 1. The molecule has 0 bridgehead atoms. The number of hydrogen-bond donors (Lipinski definition) is 2. The zero-order chi connectivity index (χ0) is 26.6. The molecule has 2 atom stereocenters. The monoisotopic (exact) mass is 498 g/mol. The zero-order valence-corrected chi connectivity index (χ0v) is 21.8. The highest BCUT2D eigenvalue weighted by molar-refractivity contribution is 6.15. The van der Waals surface area contributed by atoms with Crippen LogP contribution < -0.4 is 10.2 Å². The lowest BCUT2D eigenvalue weighted by molar-refractivity contribution is -0.132. The standard InChI is InChI=1S/C30H34N4O3/c1-5-21-11-10-12-22(17-21)32-28(36)18-25-20(2)34(19-27(35)30(3,4)37)26-15-7-6-13-23(26)29(33-25)24-14-8-9-16-31-24/h6-17,20,25,37H,5,18-19H2,1-4H3,(H,32,36)/t20?,25-/m0/s1. The fraction of sp³-hybridized carbons (Fsp3) is 0.333. The average molecular weight is 499 g/mol. The summed E-state index contributed by atoms with van der Waals surface area (Å²) in [7, 11) is 0. The number of aromatic nitrogens is 1. The fourth-order valence-electron chi connectivity index (χ4n) is 4.47. The fourth-order valence-corrected chi connectivity index (χ4v) is 4.47. The number of para-hydroxylation sites is 1. The Balaban J connectivity index is 1.73. The second-order valence-electron chi connectivity index (χ2n) is 9.93. The van der Waals surface area contributed by atoms with Crippen LogP contribution in [0, 0.1) is 0 Å². The Bertz CT molecular complexity index is 1300. The molecular formula is C30H34N4O3. The van der Waals surface area contributed by atoms with Crippen molar-refractivity contribution in [3.05, 3.63) is 89.7 Å². The number of carbonyl (C=O) groups is 2. The third kappa shape index (κ3) is 6.12. The number of rotatable bonds is 8. The number of carbonyl (C=O) groups excluding carboxylic acids is 2. The summed E-state index contributed by atoms with van der Waals surface area (Å²) in [5.74, 6) is -0.469. The Kier molecular flexibility index (Phi) is 7.83. The first-order chi connectivity index (χ1) is 17.7. The van der Waals surface area contributed by atoms with Crippen LogP contribution >= 0.6 is 0 Å². The number of Topliss-reactive ketones (excluding diaryl/α,β-unsaturated/α-hetero) is 1. The third-order valence-electron chi connectivity index (χ3n) is 6.73. The third-order valence-corrected chi connectivity index (χ3v) is 6.73. The van der Waals surface area contributed by atoms with Crippen LogP contribution in [0.3, 0.4) is 0 Å². The molecule has 0 aliphatic carbocycles. The van der Waals surface area contributed by atoms with Crippen molar-refractivity contribution in [3.63, 3.8) is 0 Å². The highest BCUT2D eigenvalue weighted by Gasteiger charge is 2.35. The summed E-state index contributed by atoms with van der Waals surface area (Å²) >= 11 is 0. The van der Waals surface area contributed by atoms with Gasteiger partial charge in [-0.15, -0.1) is 0 Å². The lowest BCUT2D eigenvalue weighted by atomic mass is 9.99. The minimum absolute atomic E-state index is 0.0106. The predicted octanol–water partition coefficient (Wildman–Crippen LogP) is 4.43. The molecule has 7 nitrogen and oxygen atoms in total. The maximum Gasteiger partial charge on any atom is 0.226 e. The number of nitrogens with one attached hydrogen (secondary N) is 1. The number of aliphatic imine (C=N–C) groups is 1. The maximum atomic E-state index is 13.2. The van der Waals surface area contributed by atoms with Gasteiger partial charge in [0.1, 0.15) is 5.60 Å². The second kappa shape index (κ2) is 11.0. The van der Waals surface area contributed by atoms with Crippen molar-refractivity contribution in [1.82, 2.24) is 4.98 Å². The molecule has 2 aromatic carbocycles. The molecular weight excluding hydrogens is 464 g/mol. The van der Waals surface area contributed by atoms with E-state index < -0.39 is 11.6 Å². The molecule has 2 N–H and O–H groups in total. The van der Waals surface area contributed by atoms with Crippen molar-refractivity contribution >= 4 is 28.8 Å². The molecule has 0 saturated heterocycles. The van der Waals surface area contributed by atoms with Crippen molar-refractivity contribution in [1.29, 1.82) is 0 Å². The van der Waals surface area contributed by atoms with E-state index in [4.69, 9.17) is 4.99 Å². The van der Waals surface area contributed by atoms with Gasteiger partial charge in [-0.1, -0.05) is 43.3 Å². The van der Waals surface area contributed by atoms with Crippen molar-refractivity contribution in [2.24, 2.45) is 4.99 Å². The van der Waals surface area contributed by atoms with Gasteiger partial charge >= 0.3 is 0 Å². The quantitative estimate of drug-likeness (QED) is 0.479. The van der Waals surface area contributed by atoms with E-state index in [9.17, 15) is 14.7 Å². The molecule has 2 heterocycles. The summed E-state index contributed by atoms with van der Waals surface area (Å²) < 4.78 is 0. The van der Waals surface area contributed by atoms with Crippen LogP contribution in [-0.4, -0.2) is 51.7 Å². The SMILES string of the molecule is CCc1cccc(NC(=O)C[C@@H]2N=C(c3ccccn3)c3ccccc3N(CC(=O)C(C)(C)O)C2C)c1. The minimum atomic E-state index is -1.48.